The molecule has 0 radical (unpaired) electrons. The fraction of sp³-hybridized carbons (Fsp3) is 0.269. The van der Waals surface area contributed by atoms with Gasteiger partial charge in [-0.3, -0.25) is 24.1 Å². The van der Waals surface area contributed by atoms with Gasteiger partial charge in [0.15, 0.2) is 0 Å². The number of carbonyl (C=O) groups is 4. The third kappa shape index (κ3) is 5.63. The van der Waals surface area contributed by atoms with Crippen molar-refractivity contribution in [1.82, 2.24) is 15.2 Å². The number of likely N-dealkylation sites (N-methyl/N-ethyl adjacent to an activating group) is 1. The predicted octanol–water partition coefficient (Wildman–Crippen LogP) is 2.13. The minimum absolute atomic E-state index is 0.0245. The highest BCUT2D eigenvalue weighted by molar-refractivity contribution is 6.43. The molecule has 2 heterocycles. The first kappa shape index (κ1) is 23.9. The zero-order chi connectivity index (χ0) is 24.8. The van der Waals surface area contributed by atoms with Crippen LogP contribution in [0.1, 0.15) is 24.0 Å². The van der Waals surface area contributed by atoms with Crippen molar-refractivity contribution in [3.05, 3.63) is 84.3 Å². The first-order valence-electron chi connectivity index (χ1n) is 11.3. The first-order valence-corrected chi connectivity index (χ1v) is 11.3. The Kier molecular flexibility index (Phi) is 7.35. The number of ketones is 1. The smallest absolute Gasteiger partial charge is 0.304 e. The van der Waals surface area contributed by atoms with Crippen molar-refractivity contribution >= 4 is 29.5 Å². The van der Waals surface area contributed by atoms with Gasteiger partial charge in [-0.1, -0.05) is 60.7 Å². The predicted molar refractivity (Wildman–Crippen MR) is 127 cm³/mol. The Bertz CT molecular complexity index is 1180. The summed E-state index contributed by atoms with van der Waals surface area (Å²) >= 11 is 0. The lowest BCUT2D eigenvalue weighted by molar-refractivity contribution is -0.140. The van der Waals surface area contributed by atoms with Crippen molar-refractivity contribution in [1.29, 1.82) is 0 Å². The van der Waals surface area contributed by atoms with Gasteiger partial charge in [0.05, 0.1) is 6.20 Å². The Hall–Kier alpha value is -4.27. The van der Waals surface area contributed by atoms with Crippen LogP contribution >= 0.6 is 0 Å². The van der Waals surface area contributed by atoms with E-state index in [1.54, 1.807) is 0 Å². The molecule has 4 rings (SSSR count). The van der Waals surface area contributed by atoms with E-state index in [1.165, 1.54) is 24.4 Å². The van der Waals surface area contributed by atoms with Gasteiger partial charge in [0, 0.05) is 26.4 Å². The molecule has 1 aliphatic heterocycles. The van der Waals surface area contributed by atoms with E-state index in [0.717, 1.165) is 16.0 Å². The second-order valence-corrected chi connectivity index (χ2v) is 8.36. The molecule has 9 heteroatoms. The van der Waals surface area contributed by atoms with Crippen LogP contribution in [-0.2, 0) is 32.1 Å². The summed E-state index contributed by atoms with van der Waals surface area (Å²) in [5.41, 5.74) is 1.68. The number of hydrogen-bond acceptors (Lipinski definition) is 6. The number of hydrogen-bond donors (Lipinski definition) is 1. The number of nitrogens with one attached hydrogen (secondary N) is 1. The second kappa shape index (κ2) is 10.8. The lowest BCUT2D eigenvalue weighted by Gasteiger charge is -2.27. The molecule has 3 amide bonds. The van der Waals surface area contributed by atoms with E-state index in [0.29, 0.717) is 13.0 Å². The van der Waals surface area contributed by atoms with Crippen LogP contribution in [0.25, 0.3) is 0 Å². The molecule has 3 aromatic rings. The highest BCUT2D eigenvalue weighted by atomic mass is 16.4. The average molecular weight is 475 g/mol. The molecule has 2 atom stereocenters. The van der Waals surface area contributed by atoms with Gasteiger partial charge < -0.3 is 14.6 Å². The number of Topliss-reactive ketones (excluding diaryl/α,β-unsaturated/α-hetero) is 1. The number of benzene rings is 2. The maximum atomic E-state index is 13.3. The van der Waals surface area contributed by atoms with E-state index < -0.39 is 29.7 Å². The van der Waals surface area contributed by atoms with Gasteiger partial charge in [0.1, 0.15) is 18.3 Å². The molecular weight excluding hydrogens is 448 g/mol. The van der Waals surface area contributed by atoms with Crippen LogP contribution in [-0.4, -0.2) is 52.5 Å². The summed E-state index contributed by atoms with van der Waals surface area (Å²) in [6, 6.07) is 16.6. The molecule has 1 aromatic heterocycles. The topological polar surface area (TPSA) is 113 Å². The molecule has 1 unspecified atom stereocenters. The minimum atomic E-state index is -1.12. The van der Waals surface area contributed by atoms with E-state index in [1.807, 2.05) is 60.7 Å². The number of likely N-dealkylation sites (tertiary alicyclic amines) is 1. The Morgan fingerprint density at radius 3 is 2.37 bits per heavy atom. The van der Waals surface area contributed by atoms with Gasteiger partial charge in [-0.25, -0.2) is 4.98 Å². The Labute approximate surface area is 202 Å². The molecule has 1 saturated heterocycles. The molecule has 0 spiro atoms. The molecule has 2 aromatic carbocycles. The zero-order valence-corrected chi connectivity index (χ0v) is 19.3. The van der Waals surface area contributed by atoms with E-state index in [9.17, 15) is 19.2 Å². The average Bonchev–Trinajstić information content (AvgIpc) is 3.54. The van der Waals surface area contributed by atoms with Crippen LogP contribution in [0.5, 0.6) is 0 Å². The van der Waals surface area contributed by atoms with E-state index in [-0.39, 0.29) is 24.8 Å². The van der Waals surface area contributed by atoms with Crippen molar-refractivity contribution in [3.63, 3.8) is 0 Å². The molecule has 1 aliphatic rings. The van der Waals surface area contributed by atoms with Gasteiger partial charge >= 0.3 is 6.01 Å². The molecule has 1 N–H and O–H groups in total. The van der Waals surface area contributed by atoms with Gasteiger partial charge in [-0.15, -0.1) is 0 Å². The molecule has 1 fully saturated rings. The largest absolute Gasteiger partial charge is 0.432 e. The van der Waals surface area contributed by atoms with Gasteiger partial charge in [0.2, 0.25) is 17.6 Å². The summed E-state index contributed by atoms with van der Waals surface area (Å²) in [6.45, 7) is 0.293. The number of nitrogens with zero attached hydrogens (tertiary/aromatic N) is 3. The molecule has 35 heavy (non-hydrogen) atoms. The zero-order valence-electron chi connectivity index (χ0n) is 19.3. The molecule has 0 saturated carbocycles. The summed E-state index contributed by atoms with van der Waals surface area (Å²) in [7, 11) is 1.38. The molecule has 0 bridgehead atoms. The summed E-state index contributed by atoms with van der Waals surface area (Å²) in [5.74, 6) is -2.26. The van der Waals surface area contributed by atoms with Gasteiger partial charge in [-0.2, -0.15) is 0 Å². The second-order valence-electron chi connectivity index (χ2n) is 8.36. The number of rotatable bonds is 9. The van der Waals surface area contributed by atoms with E-state index in [4.69, 9.17) is 4.42 Å². The first-order chi connectivity index (χ1) is 16.9. The van der Waals surface area contributed by atoms with Crippen LogP contribution in [0.3, 0.4) is 0 Å². The number of amides is 3. The van der Waals surface area contributed by atoms with E-state index >= 15 is 0 Å². The van der Waals surface area contributed by atoms with Crippen molar-refractivity contribution in [2.75, 3.05) is 11.9 Å². The molecular formula is C26H26N4O5. The molecule has 9 nitrogen and oxygen atoms in total. The van der Waals surface area contributed by atoms with Crippen LogP contribution in [0.15, 0.2) is 77.5 Å². The van der Waals surface area contributed by atoms with Crippen LogP contribution in [0, 0.1) is 0 Å². The quantitative estimate of drug-likeness (QED) is 0.476. The van der Waals surface area contributed by atoms with Crippen molar-refractivity contribution < 1.29 is 23.6 Å². The molecule has 0 aliphatic carbocycles. The summed E-state index contributed by atoms with van der Waals surface area (Å²) in [5, 5.41) is 2.74. The maximum Gasteiger partial charge on any atom is 0.304 e. The normalized spacial score (nSPS) is 16.1. The van der Waals surface area contributed by atoms with Gasteiger partial charge in [0.25, 0.3) is 5.91 Å². The van der Waals surface area contributed by atoms with Crippen molar-refractivity contribution in [2.45, 2.75) is 37.9 Å². The Morgan fingerprint density at radius 1 is 1.09 bits per heavy atom. The summed E-state index contributed by atoms with van der Waals surface area (Å²) in [6.07, 6.45) is 3.37. The van der Waals surface area contributed by atoms with Crippen LogP contribution < -0.4 is 10.2 Å². The third-order valence-electron chi connectivity index (χ3n) is 5.96. The monoisotopic (exact) mass is 474 g/mol. The Morgan fingerprint density at radius 2 is 1.74 bits per heavy atom. The maximum absolute atomic E-state index is 13.3. The number of carbonyl (C=O) groups excluding carboxylic acids is 4. The van der Waals surface area contributed by atoms with Crippen molar-refractivity contribution in [3.8, 4) is 0 Å². The number of oxazole rings is 1. The highest BCUT2D eigenvalue weighted by Gasteiger charge is 2.39. The van der Waals surface area contributed by atoms with E-state index in [2.05, 4.69) is 10.3 Å². The number of anilines is 1. The number of aromatic nitrogens is 1. The standard InChI is InChI=1S/C26H26N4O5/c1-29(26-27-14-15-35-26)25(34)23(32)20(16-18-8-4-2-5-9-18)28-24(33)21-12-13-22(31)30(21)17-19-10-6-3-7-11-19/h2-11,14-15,20-21H,12-13,16-17H2,1H3,(H,28,33)/t20?,21-/m1/s1. The fourth-order valence-electron chi connectivity index (χ4n) is 4.09. The van der Waals surface area contributed by atoms with Crippen LogP contribution in [0.2, 0.25) is 0 Å². The SMILES string of the molecule is CN(C(=O)C(=O)C(Cc1ccccc1)NC(=O)[C@H]1CCC(=O)N1Cc1ccccc1)c1ncco1. The highest BCUT2D eigenvalue weighted by Crippen LogP contribution is 2.22. The molecule has 180 valence electrons. The minimum Gasteiger partial charge on any atom is -0.432 e. The third-order valence-corrected chi connectivity index (χ3v) is 5.96. The summed E-state index contributed by atoms with van der Waals surface area (Å²) < 4.78 is 5.12. The summed E-state index contributed by atoms with van der Waals surface area (Å²) in [4.78, 5) is 58.4. The van der Waals surface area contributed by atoms with Gasteiger partial charge in [-0.05, 0) is 17.5 Å². The van der Waals surface area contributed by atoms with Crippen LogP contribution in [0.4, 0.5) is 6.01 Å². The lowest BCUT2D eigenvalue weighted by atomic mass is 10.0. The van der Waals surface area contributed by atoms with Crippen molar-refractivity contribution in [2.24, 2.45) is 0 Å². The Balaban J connectivity index is 1.52. The lowest BCUT2D eigenvalue weighted by Crippen LogP contribution is -2.53. The fourth-order valence-corrected chi connectivity index (χ4v) is 4.09.